The maximum Gasteiger partial charge on any atom is 0.218 e. The molecule has 0 spiro atoms. The lowest BCUT2D eigenvalue weighted by Crippen LogP contribution is -2.34. The predicted molar refractivity (Wildman–Crippen MR) is 78.0 cm³/mol. The van der Waals surface area contributed by atoms with E-state index in [4.69, 9.17) is 16.3 Å². The van der Waals surface area contributed by atoms with Crippen molar-refractivity contribution in [3.05, 3.63) is 11.9 Å². The van der Waals surface area contributed by atoms with Crippen LogP contribution in [-0.4, -0.2) is 29.5 Å². The average Bonchev–Trinajstić information content (AvgIpc) is 2.45. The zero-order chi connectivity index (χ0) is 13.7. The van der Waals surface area contributed by atoms with Gasteiger partial charge in [0.2, 0.25) is 5.88 Å². The van der Waals surface area contributed by atoms with E-state index in [0.29, 0.717) is 17.6 Å². The van der Waals surface area contributed by atoms with E-state index in [0.717, 1.165) is 12.4 Å². The molecular formula is C14H22ClN3O. The highest BCUT2D eigenvalue weighted by atomic mass is 35.5. The van der Waals surface area contributed by atoms with Crippen LogP contribution < -0.4 is 10.1 Å². The summed E-state index contributed by atoms with van der Waals surface area (Å²) >= 11 is 6.20. The van der Waals surface area contributed by atoms with Crippen molar-refractivity contribution in [2.75, 3.05) is 24.9 Å². The fraction of sp³-hybridized carbons (Fsp3) is 0.714. The Morgan fingerprint density at radius 2 is 2.05 bits per heavy atom. The Balaban J connectivity index is 2.02. The highest BCUT2D eigenvalue weighted by Gasteiger charge is 2.31. The number of halogens is 1. The normalized spacial score (nSPS) is 18.1. The molecule has 1 heterocycles. The Bertz CT molecular complexity index is 419. The van der Waals surface area contributed by atoms with Gasteiger partial charge >= 0.3 is 0 Å². The van der Waals surface area contributed by atoms with Gasteiger partial charge in [0.1, 0.15) is 11.6 Å². The van der Waals surface area contributed by atoms with Crippen molar-refractivity contribution < 1.29 is 4.74 Å². The van der Waals surface area contributed by atoms with E-state index in [1.165, 1.54) is 32.1 Å². The lowest BCUT2D eigenvalue weighted by atomic mass is 9.75. The van der Waals surface area contributed by atoms with Crippen LogP contribution >= 0.6 is 11.6 Å². The van der Waals surface area contributed by atoms with Crippen LogP contribution in [0.15, 0.2) is 6.07 Å². The summed E-state index contributed by atoms with van der Waals surface area (Å²) in [5.41, 5.74) is 0.214. The van der Waals surface area contributed by atoms with Gasteiger partial charge in [-0.2, -0.15) is 4.98 Å². The van der Waals surface area contributed by atoms with Crippen LogP contribution in [-0.2, 0) is 0 Å². The van der Waals surface area contributed by atoms with Crippen LogP contribution in [0.2, 0.25) is 0 Å². The molecule has 0 bridgehead atoms. The Labute approximate surface area is 119 Å². The van der Waals surface area contributed by atoms with Gasteiger partial charge in [0.05, 0.1) is 7.11 Å². The maximum atomic E-state index is 6.20. The second-order valence-corrected chi connectivity index (χ2v) is 5.66. The molecule has 4 nitrogen and oxygen atoms in total. The van der Waals surface area contributed by atoms with Crippen molar-refractivity contribution >= 4 is 17.4 Å². The quantitative estimate of drug-likeness (QED) is 0.842. The molecule has 5 heteroatoms. The number of alkyl halides is 1. The summed E-state index contributed by atoms with van der Waals surface area (Å²) in [5, 5.41) is 3.41. The Hall–Kier alpha value is -1.03. The van der Waals surface area contributed by atoms with Crippen molar-refractivity contribution in [2.24, 2.45) is 5.41 Å². The highest BCUT2D eigenvalue weighted by Crippen LogP contribution is 2.37. The molecule has 0 unspecified atom stereocenters. The molecule has 0 aromatic carbocycles. The van der Waals surface area contributed by atoms with Gasteiger partial charge in [0.25, 0.3) is 0 Å². The summed E-state index contributed by atoms with van der Waals surface area (Å²) in [6.45, 7) is 2.74. The number of nitrogens with one attached hydrogen (secondary N) is 1. The number of methoxy groups -OCH3 is 1. The third kappa shape index (κ3) is 3.72. The van der Waals surface area contributed by atoms with Gasteiger partial charge in [0.15, 0.2) is 0 Å². The summed E-state index contributed by atoms with van der Waals surface area (Å²) in [6.07, 6.45) is 6.29. The molecule has 1 aliphatic rings. The number of anilines is 1. The standard InChI is InChI=1S/C14H22ClN3O/c1-11-17-12(8-13(18-11)19-2)16-10-14(9-15)6-4-3-5-7-14/h8H,3-7,9-10H2,1-2H3,(H,16,17,18). The van der Waals surface area contributed by atoms with Crippen molar-refractivity contribution in [3.63, 3.8) is 0 Å². The molecule has 1 N–H and O–H groups in total. The van der Waals surface area contributed by atoms with E-state index < -0.39 is 0 Å². The van der Waals surface area contributed by atoms with Gasteiger partial charge in [0, 0.05) is 23.9 Å². The minimum absolute atomic E-state index is 0.214. The van der Waals surface area contributed by atoms with Crippen LogP contribution in [0.25, 0.3) is 0 Å². The van der Waals surface area contributed by atoms with Crippen molar-refractivity contribution in [3.8, 4) is 5.88 Å². The monoisotopic (exact) mass is 283 g/mol. The van der Waals surface area contributed by atoms with Gasteiger partial charge in [-0.15, -0.1) is 11.6 Å². The number of aryl methyl sites for hydroxylation is 1. The molecule has 0 radical (unpaired) electrons. The van der Waals surface area contributed by atoms with Gasteiger partial charge in [-0.25, -0.2) is 4.98 Å². The van der Waals surface area contributed by atoms with Gasteiger partial charge in [-0.05, 0) is 19.8 Å². The second kappa shape index (κ2) is 6.42. The molecule has 0 atom stereocenters. The van der Waals surface area contributed by atoms with Crippen LogP contribution in [0.1, 0.15) is 37.9 Å². The number of rotatable bonds is 5. The van der Waals surface area contributed by atoms with E-state index in [-0.39, 0.29) is 5.41 Å². The summed E-state index contributed by atoms with van der Waals surface area (Å²) in [7, 11) is 1.62. The van der Waals surface area contributed by atoms with Crippen molar-refractivity contribution in [1.82, 2.24) is 9.97 Å². The molecule has 1 aliphatic carbocycles. The van der Waals surface area contributed by atoms with E-state index in [1.807, 2.05) is 13.0 Å². The molecule has 0 aliphatic heterocycles. The zero-order valence-electron chi connectivity index (χ0n) is 11.7. The Kier molecular flexibility index (Phi) is 4.86. The lowest BCUT2D eigenvalue weighted by molar-refractivity contribution is 0.238. The molecule has 2 rings (SSSR count). The van der Waals surface area contributed by atoms with E-state index in [2.05, 4.69) is 15.3 Å². The summed E-state index contributed by atoms with van der Waals surface area (Å²) in [6, 6.07) is 1.83. The number of aromatic nitrogens is 2. The number of nitrogens with zero attached hydrogens (tertiary/aromatic N) is 2. The SMILES string of the molecule is COc1cc(NCC2(CCl)CCCCC2)nc(C)n1. The topological polar surface area (TPSA) is 47.0 Å². The van der Waals surface area contributed by atoms with Crippen molar-refractivity contribution in [2.45, 2.75) is 39.0 Å². The molecule has 1 aromatic heterocycles. The average molecular weight is 284 g/mol. The predicted octanol–water partition coefficient (Wildman–Crippen LogP) is 3.39. The molecule has 1 fully saturated rings. The van der Waals surface area contributed by atoms with Gasteiger partial charge in [-0.1, -0.05) is 19.3 Å². The van der Waals surface area contributed by atoms with E-state index in [1.54, 1.807) is 7.11 Å². The second-order valence-electron chi connectivity index (χ2n) is 5.39. The smallest absolute Gasteiger partial charge is 0.218 e. The molecule has 1 aromatic rings. The highest BCUT2D eigenvalue weighted by molar-refractivity contribution is 6.18. The van der Waals surface area contributed by atoms with Gasteiger partial charge < -0.3 is 10.1 Å². The third-order valence-corrected chi connectivity index (χ3v) is 4.43. The van der Waals surface area contributed by atoms with Crippen molar-refractivity contribution in [1.29, 1.82) is 0 Å². The molecule has 19 heavy (non-hydrogen) atoms. The van der Waals surface area contributed by atoms with E-state index >= 15 is 0 Å². The molecule has 1 saturated carbocycles. The first kappa shape index (κ1) is 14.4. The molecular weight excluding hydrogens is 262 g/mol. The van der Waals surface area contributed by atoms with Gasteiger partial charge in [-0.3, -0.25) is 0 Å². The summed E-state index contributed by atoms with van der Waals surface area (Å²) < 4.78 is 5.16. The minimum atomic E-state index is 0.214. The minimum Gasteiger partial charge on any atom is -0.481 e. The first-order chi connectivity index (χ1) is 9.17. The van der Waals surface area contributed by atoms with Crippen LogP contribution in [0, 0.1) is 12.3 Å². The summed E-state index contributed by atoms with van der Waals surface area (Å²) in [4.78, 5) is 8.57. The Morgan fingerprint density at radius 3 is 2.68 bits per heavy atom. The van der Waals surface area contributed by atoms with Crippen LogP contribution in [0.3, 0.4) is 0 Å². The van der Waals surface area contributed by atoms with E-state index in [9.17, 15) is 0 Å². The first-order valence-electron chi connectivity index (χ1n) is 6.87. The zero-order valence-corrected chi connectivity index (χ0v) is 12.5. The molecule has 0 amide bonds. The molecule has 106 valence electrons. The number of ether oxygens (including phenoxy) is 1. The maximum absolute atomic E-state index is 6.20. The fourth-order valence-corrected chi connectivity index (χ4v) is 3.03. The molecule has 0 saturated heterocycles. The third-order valence-electron chi connectivity index (χ3n) is 3.87. The van der Waals surface area contributed by atoms with Crippen LogP contribution in [0.4, 0.5) is 5.82 Å². The largest absolute Gasteiger partial charge is 0.481 e. The number of hydrogen-bond acceptors (Lipinski definition) is 4. The summed E-state index contributed by atoms with van der Waals surface area (Å²) in [5.74, 6) is 2.84. The fourth-order valence-electron chi connectivity index (χ4n) is 2.67. The van der Waals surface area contributed by atoms with Crippen LogP contribution in [0.5, 0.6) is 5.88 Å². The lowest BCUT2D eigenvalue weighted by Gasteiger charge is -2.35. The number of hydrogen-bond donors (Lipinski definition) is 1. The Morgan fingerprint density at radius 1 is 1.32 bits per heavy atom. The first-order valence-corrected chi connectivity index (χ1v) is 7.40.